The van der Waals surface area contributed by atoms with Gasteiger partial charge < -0.3 is 19.9 Å². The molecule has 36 heavy (non-hydrogen) atoms. The average molecular weight is 509 g/mol. The Bertz CT molecular complexity index is 1290. The van der Waals surface area contributed by atoms with Gasteiger partial charge in [0.05, 0.1) is 15.6 Å². The molecule has 1 N–H and O–H groups in total. The fourth-order valence-corrected chi connectivity index (χ4v) is 4.35. The lowest BCUT2D eigenvalue weighted by molar-refractivity contribution is -0.385. The van der Waals surface area contributed by atoms with Crippen molar-refractivity contribution in [3.05, 3.63) is 93.0 Å². The number of anilines is 2. The van der Waals surface area contributed by atoms with Gasteiger partial charge in [0.2, 0.25) is 0 Å². The zero-order valence-corrected chi connectivity index (χ0v) is 20.4. The molecule has 0 atom stereocenters. The van der Waals surface area contributed by atoms with Crippen LogP contribution in [0.3, 0.4) is 0 Å². The van der Waals surface area contributed by atoms with E-state index in [1.807, 2.05) is 42.2 Å². The summed E-state index contributed by atoms with van der Waals surface area (Å²) >= 11 is 6.51. The van der Waals surface area contributed by atoms with Crippen molar-refractivity contribution in [3.63, 3.8) is 0 Å². The lowest BCUT2D eigenvalue weighted by Gasteiger charge is -2.36. The highest BCUT2D eigenvalue weighted by Gasteiger charge is 2.24. The van der Waals surface area contributed by atoms with Gasteiger partial charge in [0.1, 0.15) is 0 Å². The number of halogens is 1. The maximum Gasteiger partial charge on any atom is 0.310 e. The van der Waals surface area contributed by atoms with Crippen LogP contribution in [0.5, 0.6) is 5.75 Å². The number of aryl methyl sites for hydroxylation is 1. The standard InChI is InChI=1S/C26H25ClN4O5/c1-18-6-2-3-7-20(18)26(33)30-14-12-29(13-15-30)22-11-10-19(16-21(22)27)28-25(32)17-36-24-9-5-4-8-23(24)31(34)35/h2-11,16H,12-15,17H2,1H3,(H,28,32). The van der Waals surface area contributed by atoms with Crippen LogP contribution < -0.4 is 15.0 Å². The third-order valence-electron chi connectivity index (χ3n) is 5.94. The normalized spacial score (nSPS) is 13.3. The van der Waals surface area contributed by atoms with Crippen LogP contribution in [-0.2, 0) is 4.79 Å². The average Bonchev–Trinajstić information content (AvgIpc) is 2.88. The van der Waals surface area contributed by atoms with Crippen LogP contribution in [0.2, 0.25) is 5.02 Å². The van der Waals surface area contributed by atoms with Gasteiger partial charge in [-0.2, -0.15) is 0 Å². The number of hydrogen-bond acceptors (Lipinski definition) is 6. The summed E-state index contributed by atoms with van der Waals surface area (Å²) in [6.45, 7) is 3.96. The maximum absolute atomic E-state index is 12.9. The smallest absolute Gasteiger partial charge is 0.310 e. The molecule has 0 saturated carbocycles. The molecule has 0 aromatic heterocycles. The number of para-hydroxylation sites is 2. The predicted octanol–water partition coefficient (Wildman–Crippen LogP) is 4.54. The predicted molar refractivity (Wildman–Crippen MR) is 138 cm³/mol. The Labute approximate surface area is 213 Å². The van der Waals surface area contributed by atoms with E-state index in [1.165, 1.54) is 18.2 Å². The molecule has 3 aromatic carbocycles. The maximum atomic E-state index is 12.9. The molecule has 9 nitrogen and oxygen atoms in total. The minimum atomic E-state index is -0.565. The molecule has 1 aliphatic heterocycles. The summed E-state index contributed by atoms with van der Waals surface area (Å²) in [5, 5.41) is 14.2. The van der Waals surface area contributed by atoms with Crippen LogP contribution >= 0.6 is 11.6 Å². The summed E-state index contributed by atoms with van der Waals surface area (Å²) in [6.07, 6.45) is 0. The molecule has 186 valence electrons. The van der Waals surface area contributed by atoms with Crippen molar-refractivity contribution >= 4 is 40.5 Å². The number of hydrogen-bond donors (Lipinski definition) is 1. The second kappa shape index (κ2) is 11.1. The van der Waals surface area contributed by atoms with Crippen molar-refractivity contribution in [1.29, 1.82) is 0 Å². The third kappa shape index (κ3) is 5.75. The summed E-state index contributed by atoms with van der Waals surface area (Å²) in [6, 6.07) is 18.6. The molecule has 1 fully saturated rings. The van der Waals surface area contributed by atoms with Gasteiger partial charge in [-0.05, 0) is 42.8 Å². The molecule has 10 heteroatoms. The van der Waals surface area contributed by atoms with E-state index in [-0.39, 0.29) is 24.0 Å². The molecule has 3 aromatic rings. The Morgan fingerprint density at radius 2 is 1.72 bits per heavy atom. The number of amides is 2. The van der Waals surface area contributed by atoms with Gasteiger partial charge in [0.15, 0.2) is 12.4 Å². The minimum absolute atomic E-state index is 0.0195. The van der Waals surface area contributed by atoms with Crippen LogP contribution in [0.25, 0.3) is 0 Å². The van der Waals surface area contributed by atoms with Crippen molar-refractivity contribution < 1.29 is 19.2 Å². The van der Waals surface area contributed by atoms with Gasteiger partial charge in [-0.3, -0.25) is 19.7 Å². The highest BCUT2D eigenvalue weighted by molar-refractivity contribution is 6.33. The molecule has 0 aliphatic carbocycles. The van der Waals surface area contributed by atoms with Gasteiger partial charge in [-0.25, -0.2) is 0 Å². The van der Waals surface area contributed by atoms with Crippen LogP contribution in [-0.4, -0.2) is 54.4 Å². The topological polar surface area (TPSA) is 105 Å². The molecule has 2 amide bonds. The van der Waals surface area contributed by atoms with Crippen molar-refractivity contribution in [2.24, 2.45) is 0 Å². The number of carbonyl (C=O) groups excluding carboxylic acids is 2. The molecule has 0 spiro atoms. The highest BCUT2D eigenvalue weighted by atomic mass is 35.5. The van der Waals surface area contributed by atoms with Crippen molar-refractivity contribution in [3.8, 4) is 5.75 Å². The first kappa shape index (κ1) is 25.0. The number of nitrogens with zero attached hydrogens (tertiary/aromatic N) is 3. The lowest BCUT2D eigenvalue weighted by Crippen LogP contribution is -2.49. The van der Waals surface area contributed by atoms with E-state index in [4.69, 9.17) is 16.3 Å². The Morgan fingerprint density at radius 3 is 2.42 bits per heavy atom. The molecule has 1 aliphatic rings. The van der Waals surface area contributed by atoms with Gasteiger partial charge in [-0.1, -0.05) is 41.9 Å². The Hall–Kier alpha value is -4.11. The molecular formula is C26H25ClN4O5. The van der Waals surface area contributed by atoms with Gasteiger partial charge in [0, 0.05) is 43.5 Å². The molecule has 0 radical (unpaired) electrons. The zero-order chi connectivity index (χ0) is 25.7. The molecule has 0 bridgehead atoms. The SMILES string of the molecule is Cc1ccccc1C(=O)N1CCN(c2ccc(NC(=O)COc3ccccc3[N+](=O)[O-])cc2Cl)CC1. The van der Waals surface area contributed by atoms with Crippen LogP contribution in [0.1, 0.15) is 15.9 Å². The Kier molecular flexibility index (Phi) is 7.70. The number of carbonyl (C=O) groups is 2. The minimum Gasteiger partial charge on any atom is -0.477 e. The molecule has 1 heterocycles. The number of nitrogens with one attached hydrogen (secondary N) is 1. The highest BCUT2D eigenvalue weighted by Crippen LogP contribution is 2.30. The number of benzene rings is 3. The third-order valence-corrected chi connectivity index (χ3v) is 6.24. The van der Waals surface area contributed by atoms with Crippen molar-refractivity contribution in [2.45, 2.75) is 6.92 Å². The van der Waals surface area contributed by atoms with Gasteiger partial charge in [-0.15, -0.1) is 0 Å². The van der Waals surface area contributed by atoms with E-state index in [2.05, 4.69) is 10.2 Å². The van der Waals surface area contributed by atoms with E-state index >= 15 is 0 Å². The van der Waals surface area contributed by atoms with E-state index in [0.717, 1.165) is 16.8 Å². The van der Waals surface area contributed by atoms with Crippen molar-refractivity contribution in [2.75, 3.05) is 43.0 Å². The van der Waals surface area contributed by atoms with Crippen LogP contribution in [0, 0.1) is 17.0 Å². The summed E-state index contributed by atoms with van der Waals surface area (Å²) in [5.74, 6) is -0.425. The van der Waals surface area contributed by atoms with Gasteiger partial charge >= 0.3 is 5.69 Å². The Morgan fingerprint density at radius 1 is 1.03 bits per heavy atom. The first-order chi connectivity index (χ1) is 17.3. The number of rotatable bonds is 7. The monoisotopic (exact) mass is 508 g/mol. The first-order valence-electron chi connectivity index (χ1n) is 11.4. The van der Waals surface area contributed by atoms with E-state index in [9.17, 15) is 19.7 Å². The van der Waals surface area contributed by atoms with Gasteiger partial charge in [0.25, 0.3) is 11.8 Å². The molecule has 0 unspecified atom stereocenters. The van der Waals surface area contributed by atoms with Crippen LogP contribution in [0.4, 0.5) is 17.1 Å². The summed E-state index contributed by atoms with van der Waals surface area (Å²) in [4.78, 5) is 39.6. The number of nitro benzene ring substituents is 1. The van der Waals surface area contributed by atoms with Crippen molar-refractivity contribution in [1.82, 2.24) is 4.90 Å². The lowest BCUT2D eigenvalue weighted by atomic mass is 10.1. The number of nitro groups is 1. The zero-order valence-electron chi connectivity index (χ0n) is 19.6. The quantitative estimate of drug-likeness (QED) is 0.371. The second-order valence-corrected chi connectivity index (χ2v) is 8.73. The summed E-state index contributed by atoms with van der Waals surface area (Å²) in [7, 11) is 0. The summed E-state index contributed by atoms with van der Waals surface area (Å²) in [5.41, 5.74) is 2.76. The number of ether oxygens (including phenoxy) is 1. The molecule has 1 saturated heterocycles. The second-order valence-electron chi connectivity index (χ2n) is 8.32. The Balaban J connectivity index is 1.32. The van der Waals surface area contributed by atoms with E-state index in [0.29, 0.717) is 36.9 Å². The molecular weight excluding hydrogens is 484 g/mol. The fraction of sp³-hybridized carbons (Fsp3) is 0.231. The fourth-order valence-electron chi connectivity index (χ4n) is 4.05. The number of piperazine rings is 1. The first-order valence-corrected chi connectivity index (χ1v) is 11.8. The molecule has 4 rings (SSSR count). The largest absolute Gasteiger partial charge is 0.477 e. The van der Waals surface area contributed by atoms with E-state index in [1.54, 1.807) is 18.2 Å². The van der Waals surface area contributed by atoms with Crippen LogP contribution in [0.15, 0.2) is 66.7 Å². The summed E-state index contributed by atoms with van der Waals surface area (Å²) < 4.78 is 5.32. The van der Waals surface area contributed by atoms with E-state index < -0.39 is 10.8 Å².